The van der Waals surface area contributed by atoms with Gasteiger partial charge in [-0.2, -0.15) is 0 Å². The average Bonchev–Trinajstić information content (AvgIpc) is 2.27. The molecule has 1 amide bonds. The zero-order chi connectivity index (χ0) is 12.4. The van der Waals surface area contributed by atoms with Crippen LogP contribution in [0.25, 0.3) is 0 Å². The van der Waals surface area contributed by atoms with E-state index in [0.717, 1.165) is 37.5 Å². The van der Waals surface area contributed by atoms with Crippen LogP contribution in [-0.2, 0) is 0 Å². The van der Waals surface area contributed by atoms with Gasteiger partial charge in [-0.05, 0) is 38.3 Å². The first kappa shape index (κ1) is 12.0. The number of piperidine rings is 1. The smallest absolute Gasteiger partial charge is 0.254 e. The second-order valence-electron chi connectivity index (χ2n) is 4.50. The van der Waals surface area contributed by atoms with Crippen LogP contribution < -0.4 is 0 Å². The average molecular weight is 239 g/mol. The van der Waals surface area contributed by atoms with E-state index in [1.807, 2.05) is 6.92 Å². The monoisotopic (exact) mass is 239 g/mol. The van der Waals surface area contributed by atoms with Crippen molar-refractivity contribution in [3.05, 3.63) is 35.4 Å². The fourth-order valence-electron chi connectivity index (χ4n) is 2.24. The van der Waals surface area contributed by atoms with Crippen LogP contribution in [0.15, 0.2) is 18.2 Å². The first-order valence-corrected chi connectivity index (χ1v) is 5.85. The van der Waals surface area contributed by atoms with Crippen LogP contribution >= 0.6 is 0 Å². The van der Waals surface area contributed by atoms with Gasteiger partial charge >= 0.3 is 0 Å². The van der Waals surface area contributed by atoms with E-state index >= 15 is 0 Å². The SMILES string of the molecule is C[C@H]1CCCCN1C(=O)c1cc(F)cc(F)c1. The van der Waals surface area contributed by atoms with Crippen LogP contribution in [0.1, 0.15) is 36.5 Å². The zero-order valence-corrected chi connectivity index (χ0v) is 9.75. The summed E-state index contributed by atoms with van der Waals surface area (Å²) in [7, 11) is 0. The molecule has 0 unspecified atom stereocenters. The third-order valence-electron chi connectivity index (χ3n) is 3.17. The molecule has 0 aromatic heterocycles. The maximum Gasteiger partial charge on any atom is 0.254 e. The second-order valence-corrected chi connectivity index (χ2v) is 4.50. The van der Waals surface area contributed by atoms with Crippen molar-refractivity contribution in [2.45, 2.75) is 32.2 Å². The molecule has 92 valence electrons. The molecule has 4 heteroatoms. The molecule has 1 atom stereocenters. The fraction of sp³-hybridized carbons (Fsp3) is 0.462. The van der Waals surface area contributed by atoms with Crippen molar-refractivity contribution < 1.29 is 13.6 Å². The predicted octanol–water partition coefficient (Wildman–Crippen LogP) is 2.98. The van der Waals surface area contributed by atoms with E-state index < -0.39 is 11.6 Å². The summed E-state index contributed by atoms with van der Waals surface area (Å²) in [6, 6.07) is 3.10. The molecule has 0 bridgehead atoms. The number of nitrogens with zero attached hydrogens (tertiary/aromatic N) is 1. The Morgan fingerprint density at radius 1 is 1.24 bits per heavy atom. The number of halogens is 2. The minimum absolute atomic E-state index is 0.0938. The highest BCUT2D eigenvalue weighted by molar-refractivity contribution is 5.94. The zero-order valence-electron chi connectivity index (χ0n) is 9.75. The van der Waals surface area contributed by atoms with E-state index in [9.17, 15) is 13.6 Å². The molecule has 0 aliphatic carbocycles. The fourth-order valence-corrected chi connectivity index (χ4v) is 2.24. The van der Waals surface area contributed by atoms with Gasteiger partial charge in [0.1, 0.15) is 11.6 Å². The molecule has 1 heterocycles. The number of carbonyl (C=O) groups is 1. The van der Waals surface area contributed by atoms with Crippen LogP contribution in [0.5, 0.6) is 0 Å². The van der Waals surface area contributed by atoms with E-state index in [-0.39, 0.29) is 17.5 Å². The summed E-state index contributed by atoms with van der Waals surface area (Å²) in [6.45, 7) is 2.63. The van der Waals surface area contributed by atoms with Crippen molar-refractivity contribution in [1.82, 2.24) is 4.90 Å². The number of likely N-dealkylation sites (tertiary alicyclic amines) is 1. The maximum atomic E-state index is 13.0. The minimum atomic E-state index is -0.710. The maximum absolute atomic E-state index is 13.0. The molecule has 1 aliphatic heterocycles. The van der Waals surface area contributed by atoms with Gasteiger partial charge in [0.15, 0.2) is 0 Å². The minimum Gasteiger partial charge on any atom is -0.336 e. The van der Waals surface area contributed by atoms with Gasteiger partial charge in [0, 0.05) is 24.2 Å². The number of benzene rings is 1. The summed E-state index contributed by atoms with van der Waals surface area (Å²) in [6.07, 6.45) is 3.00. The Bertz CT molecular complexity index is 413. The highest BCUT2D eigenvalue weighted by atomic mass is 19.1. The molecule has 0 radical (unpaired) electrons. The van der Waals surface area contributed by atoms with Crippen molar-refractivity contribution >= 4 is 5.91 Å². The third kappa shape index (κ3) is 2.62. The summed E-state index contributed by atoms with van der Waals surface area (Å²) in [4.78, 5) is 13.8. The van der Waals surface area contributed by atoms with Gasteiger partial charge in [0.2, 0.25) is 0 Å². The van der Waals surface area contributed by atoms with Crippen molar-refractivity contribution in [3.8, 4) is 0 Å². The lowest BCUT2D eigenvalue weighted by Crippen LogP contribution is -2.42. The molecular weight excluding hydrogens is 224 g/mol. The van der Waals surface area contributed by atoms with Gasteiger partial charge in [-0.1, -0.05) is 0 Å². The largest absolute Gasteiger partial charge is 0.336 e. The van der Waals surface area contributed by atoms with E-state index in [2.05, 4.69) is 0 Å². The highest BCUT2D eigenvalue weighted by Crippen LogP contribution is 2.20. The molecule has 2 nitrogen and oxygen atoms in total. The number of hydrogen-bond donors (Lipinski definition) is 0. The Morgan fingerprint density at radius 2 is 1.88 bits per heavy atom. The Labute approximate surface area is 99.2 Å². The Balaban J connectivity index is 2.23. The standard InChI is InChI=1S/C13H15F2NO/c1-9-4-2-3-5-16(9)13(17)10-6-11(14)8-12(15)7-10/h6-9H,2-5H2,1H3/t9-/m0/s1. The molecule has 0 saturated carbocycles. The van der Waals surface area contributed by atoms with Crippen LogP contribution in [0.2, 0.25) is 0 Å². The van der Waals surface area contributed by atoms with Gasteiger partial charge < -0.3 is 4.90 Å². The van der Waals surface area contributed by atoms with E-state index in [1.165, 1.54) is 0 Å². The van der Waals surface area contributed by atoms with Gasteiger partial charge in [0.25, 0.3) is 5.91 Å². The molecular formula is C13H15F2NO. The van der Waals surface area contributed by atoms with Crippen molar-refractivity contribution in [2.24, 2.45) is 0 Å². The number of rotatable bonds is 1. The molecule has 0 spiro atoms. The molecule has 17 heavy (non-hydrogen) atoms. The highest BCUT2D eigenvalue weighted by Gasteiger charge is 2.24. The van der Waals surface area contributed by atoms with Crippen LogP contribution in [-0.4, -0.2) is 23.4 Å². The number of carbonyl (C=O) groups excluding carboxylic acids is 1. The number of hydrogen-bond acceptors (Lipinski definition) is 1. The Morgan fingerprint density at radius 3 is 2.47 bits per heavy atom. The van der Waals surface area contributed by atoms with Gasteiger partial charge in [0.05, 0.1) is 0 Å². The van der Waals surface area contributed by atoms with Crippen molar-refractivity contribution in [2.75, 3.05) is 6.54 Å². The van der Waals surface area contributed by atoms with Crippen LogP contribution in [0, 0.1) is 11.6 Å². The lowest BCUT2D eigenvalue weighted by atomic mass is 10.0. The molecule has 1 fully saturated rings. The second kappa shape index (κ2) is 4.82. The molecule has 1 aromatic rings. The first-order valence-electron chi connectivity index (χ1n) is 5.85. The molecule has 1 saturated heterocycles. The van der Waals surface area contributed by atoms with Gasteiger partial charge in [-0.25, -0.2) is 8.78 Å². The molecule has 1 aliphatic rings. The summed E-state index contributed by atoms with van der Waals surface area (Å²) in [5.41, 5.74) is 0.0938. The topological polar surface area (TPSA) is 20.3 Å². The summed E-state index contributed by atoms with van der Waals surface area (Å²) >= 11 is 0. The normalized spacial score (nSPS) is 20.4. The lowest BCUT2D eigenvalue weighted by molar-refractivity contribution is 0.0634. The molecule has 2 rings (SSSR count). The van der Waals surface area contributed by atoms with E-state index in [0.29, 0.717) is 6.54 Å². The van der Waals surface area contributed by atoms with E-state index in [1.54, 1.807) is 4.90 Å². The Kier molecular flexibility index (Phi) is 3.41. The first-order chi connectivity index (χ1) is 8.08. The summed E-state index contributed by atoms with van der Waals surface area (Å²) in [5, 5.41) is 0. The number of amides is 1. The van der Waals surface area contributed by atoms with E-state index in [4.69, 9.17) is 0 Å². The molecule has 0 N–H and O–H groups in total. The van der Waals surface area contributed by atoms with Crippen molar-refractivity contribution in [1.29, 1.82) is 0 Å². The van der Waals surface area contributed by atoms with Gasteiger partial charge in [-0.3, -0.25) is 4.79 Å². The lowest BCUT2D eigenvalue weighted by Gasteiger charge is -2.33. The van der Waals surface area contributed by atoms with Crippen molar-refractivity contribution in [3.63, 3.8) is 0 Å². The summed E-state index contributed by atoms with van der Waals surface area (Å²) < 4.78 is 26.1. The summed E-state index contributed by atoms with van der Waals surface area (Å²) in [5.74, 6) is -1.70. The third-order valence-corrected chi connectivity index (χ3v) is 3.17. The quantitative estimate of drug-likeness (QED) is 0.737. The van der Waals surface area contributed by atoms with Crippen LogP contribution in [0.3, 0.4) is 0 Å². The van der Waals surface area contributed by atoms with Gasteiger partial charge in [-0.15, -0.1) is 0 Å². The molecule has 1 aromatic carbocycles. The van der Waals surface area contributed by atoms with Crippen LogP contribution in [0.4, 0.5) is 8.78 Å². The Hall–Kier alpha value is -1.45. The predicted molar refractivity (Wildman–Crippen MR) is 60.7 cm³/mol.